The van der Waals surface area contributed by atoms with Crippen LogP contribution in [0.4, 0.5) is 0 Å². The quantitative estimate of drug-likeness (QED) is 0.296. The van der Waals surface area contributed by atoms with Gasteiger partial charge in [-0.05, 0) is 43.2 Å². The molecule has 0 aliphatic heterocycles. The number of carbonyl (C=O) groups excluding carboxylic acids is 1. The van der Waals surface area contributed by atoms with Crippen molar-refractivity contribution in [1.82, 2.24) is 9.55 Å². The second-order valence-corrected chi connectivity index (χ2v) is 9.05. The number of hydrogen-bond donors (Lipinski definition) is 0. The number of rotatable bonds is 4. The van der Waals surface area contributed by atoms with Crippen LogP contribution in [0.25, 0.3) is 32.4 Å². The Balaban J connectivity index is 1.73. The fourth-order valence-corrected chi connectivity index (χ4v) is 5.25. The lowest BCUT2D eigenvalue weighted by Crippen LogP contribution is -2.16. The van der Waals surface area contributed by atoms with Crippen molar-refractivity contribution < 1.29 is 4.79 Å². The summed E-state index contributed by atoms with van der Waals surface area (Å²) in [7, 11) is 0. The Morgan fingerprint density at radius 2 is 1.82 bits per heavy atom. The number of carbonyl (C=O) groups is 1. The van der Waals surface area contributed by atoms with Gasteiger partial charge in [0.15, 0.2) is 4.80 Å². The predicted molar refractivity (Wildman–Crippen MR) is 137 cm³/mol. The predicted octanol–water partition coefficient (Wildman–Crippen LogP) is 6.46. The van der Waals surface area contributed by atoms with E-state index in [1.165, 1.54) is 11.1 Å². The van der Waals surface area contributed by atoms with Gasteiger partial charge in [0.25, 0.3) is 5.91 Å². The molecule has 0 fully saturated rings. The van der Waals surface area contributed by atoms with E-state index in [2.05, 4.69) is 42.1 Å². The van der Waals surface area contributed by atoms with E-state index < -0.39 is 0 Å². The molecular weight excluding hydrogens is 426 g/mol. The van der Waals surface area contributed by atoms with Crippen LogP contribution in [-0.2, 0) is 6.54 Å². The molecule has 0 radical (unpaired) electrons. The topological polar surface area (TPSA) is 47.2 Å². The highest BCUT2D eigenvalue weighted by Crippen LogP contribution is 2.26. The second-order valence-electron chi connectivity index (χ2n) is 8.07. The number of aromatic nitrogens is 2. The fraction of sp³-hybridized carbons (Fsp3) is 0.107. The van der Waals surface area contributed by atoms with Crippen molar-refractivity contribution in [2.45, 2.75) is 20.4 Å². The maximum atomic E-state index is 13.6. The first-order valence-corrected chi connectivity index (χ1v) is 11.6. The summed E-state index contributed by atoms with van der Waals surface area (Å²) in [6, 6.07) is 23.8. The van der Waals surface area contributed by atoms with Gasteiger partial charge in [-0.15, -0.1) is 6.58 Å². The molecule has 1 amide bonds. The van der Waals surface area contributed by atoms with Crippen LogP contribution in [-0.4, -0.2) is 15.5 Å². The third-order valence-electron chi connectivity index (χ3n) is 5.64. The molecule has 2 aromatic heterocycles. The van der Waals surface area contributed by atoms with Crippen LogP contribution in [0.2, 0.25) is 0 Å². The Kier molecular flexibility index (Phi) is 5.48. The van der Waals surface area contributed by atoms with Crippen LogP contribution in [0.15, 0.2) is 90.4 Å². The molecule has 0 saturated carbocycles. The molecule has 0 unspecified atom stereocenters. The molecule has 5 heteroatoms. The average molecular weight is 450 g/mol. The third kappa shape index (κ3) is 3.92. The summed E-state index contributed by atoms with van der Waals surface area (Å²) >= 11 is 1.54. The van der Waals surface area contributed by atoms with E-state index in [1.807, 2.05) is 66.7 Å². The first-order chi connectivity index (χ1) is 16.0. The lowest BCUT2D eigenvalue weighted by molar-refractivity contribution is 0.0999. The van der Waals surface area contributed by atoms with Gasteiger partial charge >= 0.3 is 0 Å². The lowest BCUT2D eigenvalue weighted by Gasteiger charge is -2.08. The van der Waals surface area contributed by atoms with Gasteiger partial charge in [0.2, 0.25) is 0 Å². The summed E-state index contributed by atoms with van der Waals surface area (Å²) in [5.41, 5.74) is 6.49. The van der Waals surface area contributed by atoms with E-state index in [-0.39, 0.29) is 5.91 Å². The number of benzene rings is 3. The summed E-state index contributed by atoms with van der Waals surface area (Å²) in [6.45, 7) is 8.66. The van der Waals surface area contributed by atoms with E-state index in [0.717, 1.165) is 32.4 Å². The van der Waals surface area contributed by atoms with Crippen LogP contribution in [0.3, 0.4) is 0 Å². The Morgan fingerprint density at radius 1 is 1.06 bits per heavy atom. The lowest BCUT2D eigenvalue weighted by atomic mass is 10.0. The minimum atomic E-state index is -0.274. The zero-order chi connectivity index (χ0) is 22.9. The smallest absolute Gasteiger partial charge is 0.280 e. The first kappa shape index (κ1) is 21.0. The van der Waals surface area contributed by atoms with Gasteiger partial charge in [-0.3, -0.25) is 4.79 Å². The highest BCUT2D eigenvalue weighted by Gasteiger charge is 2.15. The first-order valence-electron chi connectivity index (χ1n) is 10.8. The second kappa shape index (κ2) is 8.60. The van der Waals surface area contributed by atoms with E-state index >= 15 is 0 Å². The summed E-state index contributed by atoms with van der Waals surface area (Å²) in [6.07, 6.45) is 1.84. The number of para-hydroxylation sites is 1. The van der Waals surface area contributed by atoms with Crippen molar-refractivity contribution in [1.29, 1.82) is 0 Å². The Morgan fingerprint density at radius 3 is 2.61 bits per heavy atom. The number of amides is 1. The van der Waals surface area contributed by atoms with Crippen LogP contribution >= 0.6 is 11.3 Å². The summed E-state index contributed by atoms with van der Waals surface area (Å²) < 4.78 is 3.20. The fourth-order valence-electron chi connectivity index (χ4n) is 4.16. The number of allylic oxidation sites excluding steroid dienone is 1. The summed E-state index contributed by atoms with van der Waals surface area (Å²) in [5, 5.41) is 0.800. The normalized spacial score (nSPS) is 11.9. The molecule has 0 spiro atoms. The zero-order valence-electron chi connectivity index (χ0n) is 18.6. The van der Waals surface area contributed by atoms with E-state index in [4.69, 9.17) is 4.98 Å². The van der Waals surface area contributed by atoms with Gasteiger partial charge in [-0.25, -0.2) is 4.98 Å². The minimum Gasteiger partial charge on any atom is -0.312 e. The van der Waals surface area contributed by atoms with Crippen molar-refractivity contribution in [3.8, 4) is 11.3 Å². The summed E-state index contributed by atoms with van der Waals surface area (Å²) in [5.74, 6) is -0.274. The molecule has 5 rings (SSSR count). The molecule has 4 nitrogen and oxygen atoms in total. The molecule has 33 heavy (non-hydrogen) atoms. The number of aryl methyl sites for hydroxylation is 2. The van der Waals surface area contributed by atoms with E-state index in [0.29, 0.717) is 16.9 Å². The minimum absolute atomic E-state index is 0.274. The van der Waals surface area contributed by atoms with Crippen molar-refractivity contribution >= 4 is 38.4 Å². The Hall–Kier alpha value is -3.83. The number of hydrogen-bond acceptors (Lipinski definition) is 3. The largest absolute Gasteiger partial charge is 0.312 e. The maximum Gasteiger partial charge on any atom is 0.280 e. The average Bonchev–Trinajstić information content (AvgIpc) is 3.16. The van der Waals surface area contributed by atoms with Gasteiger partial charge < -0.3 is 4.57 Å². The van der Waals surface area contributed by atoms with Gasteiger partial charge in [0, 0.05) is 17.5 Å². The number of thiazole rings is 1. The van der Waals surface area contributed by atoms with Crippen LogP contribution in [0, 0.1) is 13.8 Å². The molecule has 0 saturated heterocycles. The van der Waals surface area contributed by atoms with E-state index in [1.54, 1.807) is 11.3 Å². The molecule has 0 aliphatic rings. The monoisotopic (exact) mass is 449 g/mol. The van der Waals surface area contributed by atoms with Gasteiger partial charge in [0.1, 0.15) is 0 Å². The SMILES string of the molecule is C=CCn1c(=NC(=O)c2cc(-c3ccccc3)nc3ccccc23)sc2c(C)cc(C)cc21. The third-order valence-corrected chi connectivity index (χ3v) is 6.87. The maximum absolute atomic E-state index is 13.6. The van der Waals surface area contributed by atoms with E-state index in [9.17, 15) is 4.79 Å². The molecule has 0 atom stereocenters. The van der Waals surface area contributed by atoms with Gasteiger partial charge in [-0.2, -0.15) is 4.99 Å². The van der Waals surface area contributed by atoms with Crippen molar-refractivity contribution in [2.75, 3.05) is 0 Å². The van der Waals surface area contributed by atoms with Crippen LogP contribution < -0.4 is 4.80 Å². The number of nitrogens with zero attached hydrogens (tertiary/aromatic N) is 3. The van der Waals surface area contributed by atoms with Crippen LogP contribution in [0.5, 0.6) is 0 Å². The van der Waals surface area contributed by atoms with Gasteiger partial charge in [0.05, 0.1) is 27.0 Å². The molecule has 162 valence electrons. The molecule has 0 aliphatic carbocycles. The standard InChI is InChI=1S/C28H23N3OS/c1-4-14-31-25-16-18(2)15-19(3)26(25)33-28(31)30-27(32)22-17-24(20-10-6-5-7-11-20)29-23-13-9-8-12-21(22)23/h4-13,15-17H,1,14H2,2-3H3. The van der Waals surface area contributed by atoms with Crippen LogP contribution in [0.1, 0.15) is 21.5 Å². The number of fused-ring (bicyclic) bond motifs is 2. The Labute approximate surface area is 196 Å². The zero-order valence-corrected chi connectivity index (χ0v) is 19.4. The van der Waals surface area contributed by atoms with Crippen molar-refractivity contribution in [3.63, 3.8) is 0 Å². The van der Waals surface area contributed by atoms with Gasteiger partial charge in [-0.1, -0.05) is 72.0 Å². The van der Waals surface area contributed by atoms with Crippen molar-refractivity contribution in [3.05, 3.63) is 107 Å². The molecule has 0 bridgehead atoms. The molecular formula is C28H23N3OS. The highest BCUT2D eigenvalue weighted by atomic mass is 32.1. The summed E-state index contributed by atoms with van der Waals surface area (Å²) in [4.78, 5) is 23.6. The molecule has 0 N–H and O–H groups in total. The molecule has 3 aromatic carbocycles. The number of pyridine rings is 1. The molecule has 2 heterocycles. The molecule has 5 aromatic rings. The van der Waals surface area contributed by atoms with Crippen molar-refractivity contribution in [2.24, 2.45) is 4.99 Å². The Bertz CT molecular complexity index is 1590. The highest BCUT2D eigenvalue weighted by molar-refractivity contribution is 7.16.